The first-order valence-corrected chi connectivity index (χ1v) is 6.90. The molecule has 1 amide bonds. The van der Waals surface area contributed by atoms with Crippen molar-refractivity contribution in [3.63, 3.8) is 0 Å². The van der Waals surface area contributed by atoms with Crippen LogP contribution in [0.3, 0.4) is 0 Å². The van der Waals surface area contributed by atoms with Crippen molar-refractivity contribution in [1.29, 1.82) is 0 Å². The molecule has 0 saturated heterocycles. The Morgan fingerprint density at radius 2 is 2.10 bits per heavy atom. The second-order valence-corrected chi connectivity index (χ2v) is 5.13. The molecule has 2 N–H and O–H groups in total. The summed E-state index contributed by atoms with van der Waals surface area (Å²) in [5.41, 5.74) is 0.0763. The Hall–Kier alpha value is -1.59. The van der Waals surface area contributed by atoms with Crippen molar-refractivity contribution in [3.05, 3.63) is 35.9 Å². The predicted octanol–water partition coefficient (Wildman–Crippen LogP) is 1.84. The van der Waals surface area contributed by atoms with Gasteiger partial charge in [0.1, 0.15) is 6.61 Å². The van der Waals surface area contributed by atoms with Gasteiger partial charge in [0.25, 0.3) is 0 Å². The third-order valence-electron chi connectivity index (χ3n) is 3.39. The monoisotopic (exact) mass is 279 g/mol. The summed E-state index contributed by atoms with van der Waals surface area (Å²) >= 11 is 0. The van der Waals surface area contributed by atoms with E-state index in [4.69, 9.17) is 9.47 Å². The van der Waals surface area contributed by atoms with Crippen LogP contribution in [0.1, 0.15) is 25.3 Å². The average molecular weight is 279 g/mol. The van der Waals surface area contributed by atoms with Gasteiger partial charge in [0.05, 0.1) is 11.7 Å². The molecule has 1 aromatic carbocycles. The van der Waals surface area contributed by atoms with Crippen molar-refractivity contribution in [2.75, 3.05) is 13.2 Å². The van der Waals surface area contributed by atoms with Crippen LogP contribution in [-0.4, -0.2) is 36.1 Å². The first kappa shape index (κ1) is 14.8. The molecule has 1 aliphatic rings. The standard InChI is InChI=1S/C15H21NO4/c1-2-19-13-8-15(18,9-13)11-16-14(17)20-10-12-6-4-3-5-7-12/h3-7,13,18H,2,8-11H2,1H3,(H,16,17). The quantitative estimate of drug-likeness (QED) is 0.834. The van der Waals surface area contributed by atoms with Crippen LogP contribution >= 0.6 is 0 Å². The first-order chi connectivity index (χ1) is 9.61. The first-order valence-electron chi connectivity index (χ1n) is 6.90. The lowest BCUT2D eigenvalue weighted by molar-refractivity contribution is -0.134. The summed E-state index contributed by atoms with van der Waals surface area (Å²) in [7, 11) is 0. The molecule has 0 aliphatic heterocycles. The molecule has 0 aromatic heterocycles. The Bertz CT molecular complexity index is 429. The Balaban J connectivity index is 1.63. The van der Waals surface area contributed by atoms with Gasteiger partial charge in [-0.1, -0.05) is 30.3 Å². The minimum Gasteiger partial charge on any atom is -0.445 e. The fraction of sp³-hybridized carbons (Fsp3) is 0.533. The van der Waals surface area contributed by atoms with E-state index in [-0.39, 0.29) is 19.3 Å². The number of alkyl carbamates (subject to hydrolysis) is 1. The van der Waals surface area contributed by atoms with Gasteiger partial charge in [-0.15, -0.1) is 0 Å². The number of nitrogens with one attached hydrogen (secondary N) is 1. The molecule has 0 bridgehead atoms. The van der Waals surface area contributed by atoms with Gasteiger partial charge in [0.2, 0.25) is 0 Å². The van der Waals surface area contributed by atoms with Gasteiger partial charge in [0, 0.05) is 26.0 Å². The molecule has 1 aromatic rings. The highest BCUT2D eigenvalue weighted by Gasteiger charge is 2.43. The normalized spacial score (nSPS) is 24.8. The van der Waals surface area contributed by atoms with Gasteiger partial charge in [-0.3, -0.25) is 0 Å². The summed E-state index contributed by atoms with van der Waals surface area (Å²) in [4.78, 5) is 11.5. The van der Waals surface area contributed by atoms with E-state index in [2.05, 4.69) is 5.32 Å². The fourth-order valence-corrected chi connectivity index (χ4v) is 2.30. The van der Waals surface area contributed by atoms with E-state index in [9.17, 15) is 9.90 Å². The zero-order chi connectivity index (χ0) is 14.4. The summed E-state index contributed by atoms with van der Waals surface area (Å²) in [5, 5.41) is 12.7. The molecule has 5 nitrogen and oxygen atoms in total. The minimum absolute atomic E-state index is 0.104. The Morgan fingerprint density at radius 3 is 2.75 bits per heavy atom. The Morgan fingerprint density at radius 1 is 1.40 bits per heavy atom. The highest BCUT2D eigenvalue weighted by molar-refractivity contribution is 5.67. The smallest absolute Gasteiger partial charge is 0.407 e. The lowest BCUT2D eigenvalue weighted by Gasteiger charge is -2.43. The highest BCUT2D eigenvalue weighted by Crippen LogP contribution is 2.33. The van der Waals surface area contributed by atoms with E-state index in [1.807, 2.05) is 37.3 Å². The number of ether oxygens (including phenoxy) is 2. The summed E-state index contributed by atoms with van der Waals surface area (Å²) in [6.07, 6.45) is 0.703. The lowest BCUT2D eigenvalue weighted by atomic mass is 9.77. The van der Waals surface area contributed by atoms with Gasteiger partial charge < -0.3 is 19.9 Å². The molecule has 2 rings (SSSR count). The molecule has 110 valence electrons. The SMILES string of the molecule is CCOC1CC(O)(CNC(=O)OCc2ccccc2)C1. The number of hydrogen-bond donors (Lipinski definition) is 2. The molecule has 1 saturated carbocycles. The number of aliphatic hydroxyl groups is 1. The lowest BCUT2D eigenvalue weighted by Crippen LogP contribution is -2.55. The Kier molecular flexibility index (Phi) is 4.98. The van der Waals surface area contributed by atoms with E-state index in [1.165, 1.54) is 0 Å². The van der Waals surface area contributed by atoms with Crippen LogP contribution in [0.2, 0.25) is 0 Å². The maximum Gasteiger partial charge on any atom is 0.407 e. The van der Waals surface area contributed by atoms with Gasteiger partial charge in [-0.05, 0) is 12.5 Å². The number of amides is 1. The minimum atomic E-state index is -0.856. The van der Waals surface area contributed by atoms with E-state index < -0.39 is 11.7 Å². The summed E-state index contributed by atoms with van der Waals surface area (Å²) in [5.74, 6) is 0. The number of benzene rings is 1. The molecule has 1 fully saturated rings. The third kappa shape index (κ3) is 4.21. The van der Waals surface area contributed by atoms with E-state index in [1.54, 1.807) is 0 Å². The largest absolute Gasteiger partial charge is 0.445 e. The predicted molar refractivity (Wildman–Crippen MR) is 74.2 cm³/mol. The van der Waals surface area contributed by atoms with Crippen molar-refractivity contribution < 1.29 is 19.4 Å². The molecule has 0 spiro atoms. The molecule has 5 heteroatoms. The number of carbonyl (C=O) groups is 1. The molecule has 0 radical (unpaired) electrons. The maximum absolute atomic E-state index is 11.5. The Labute approximate surface area is 118 Å². The summed E-state index contributed by atoms with van der Waals surface area (Å²) in [6.45, 7) is 3.00. The fourth-order valence-electron chi connectivity index (χ4n) is 2.30. The van der Waals surface area contributed by atoms with Crippen molar-refractivity contribution in [3.8, 4) is 0 Å². The second kappa shape index (κ2) is 6.72. The van der Waals surface area contributed by atoms with Crippen molar-refractivity contribution in [2.45, 2.75) is 38.1 Å². The number of rotatable bonds is 6. The van der Waals surface area contributed by atoms with Gasteiger partial charge in [-0.2, -0.15) is 0 Å². The van der Waals surface area contributed by atoms with Crippen LogP contribution in [0, 0.1) is 0 Å². The topological polar surface area (TPSA) is 67.8 Å². The zero-order valence-corrected chi connectivity index (χ0v) is 11.7. The van der Waals surface area contributed by atoms with Crippen molar-refractivity contribution >= 4 is 6.09 Å². The molecule has 1 aliphatic carbocycles. The van der Waals surface area contributed by atoms with E-state index in [0.717, 1.165) is 5.56 Å². The summed E-state index contributed by atoms with van der Waals surface area (Å²) < 4.78 is 10.5. The molecule has 0 heterocycles. The van der Waals surface area contributed by atoms with Crippen molar-refractivity contribution in [1.82, 2.24) is 5.32 Å². The number of hydrogen-bond acceptors (Lipinski definition) is 4. The third-order valence-corrected chi connectivity index (χ3v) is 3.39. The van der Waals surface area contributed by atoms with Crippen LogP contribution in [0.5, 0.6) is 0 Å². The van der Waals surface area contributed by atoms with Gasteiger partial charge in [-0.25, -0.2) is 4.79 Å². The number of carbonyl (C=O) groups excluding carboxylic acids is 1. The molecule has 0 unspecified atom stereocenters. The molecule has 0 atom stereocenters. The van der Waals surface area contributed by atoms with Crippen molar-refractivity contribution in [2.24, 2.45) is 0 Å². The molecule has 20 heavy (non-hydrogen) atoms. The van der Waals surface area contributed by atoms with Crippen LogP contribution in [0.15, 0.2) is 30.3 Å². The van der Waals surface area contributed by atoms with Crippen LogP contribution in [-0.2, 0) is 16.1 Å². The molecular formula is C15H21NO4. The van der Waals surface area contributed by atoms with Gasteiger partial charge >= 0.3 is 6.09 Å². The maximum atomic E-state index is 11.5. The highest BCUT2D eigenvalue weighted by atomic mass is 16.5. The van der Waals surface area contributed by atoms with Gasteiger partial charge in [0.15, 0.2) is 0 Å². The van der Waals surface area contributed by atoms with Crippen LogP contribution in [0.25, 0.3) is 0 Å². The second-order valence-electron chi connectivity index (χ2n) is 5.13. The molecular weight excluding hydrogens is 258 g/mol. The van der Waals surface area contributed by atoms with E-state index in [0.29, 0.717) is 19.4 Å². The zero-order valence-electron chi connectivity index (χ0n) is 11.7. The van der Waals surface area contributed by atoms with Crippen LogP contribution < -0.4 is 5.32 Å². The van der Waals surface area contributed by atoms with E-state index >= 15 is 0 Å². The summed E-state index contributed by atoms with van der Waals surface area (Å²) in [6, 6.07) is 9.46. The van der Waals surface area contributed by atoms with Crippen LogP contribution in [0.4, 0.5) is 4.79 Å². The average Bonchev–Trinajstić information content (AvgIpc) is 2.43.